The summed E-state index contributed by atoms with van der Waals surface area (Å²) in [6.45, 7) is 2.72. The van der Waals surface area contributed by atoms with E-state index in [9.17, 15) is 61.3 Å². The van der Waals surface area contributed by atoms with Gasteiger partial charge in [-0.25, -0.2) is 0 Å². The Hall–Kier alpha value is -5.00. The predicted octanol–water partition coefficient (Wildman–Crippen LogP) is 2.74. The molecule has 178 valence electrons. The van der Waals surface area contributed by atoms with Crippen molar-refractivity contribution >= 4 is 21.5 Å². The molecule has 12 nitrogen and oxygen atoms in total. The van der Waals surface area contributed by atoms with Gasteiger partial charge in [0.15, 0.2) is 23.0 Å². The van der Waals surface area contributed by atoms with Crippen LogP contribution in [0.15, 0.2) is 0 Å². The number of fused-ring (bicyclic) bond motifs is 2. The molecular formula is C22H18O12. The Morgan fingerprint density at radius 2 is 0.559 bits per heavy atom. The highest BCUT2D eigenvalue weighted by Crippen LogP contribution is 2.63. The van der Waals surface area contributed by atoms with E-state index >= 15 is 0 Å². The van der Waals surface area contributed by atoms with Crippen molar-refractivity contribution in [1.29, 1.82) is 0 Å². The van der Waals surface area contributed by atoms with Crippen LogP contribution in [0, 0.1) is 13.8 Å². The second kappa shape index (κ2) is 6.75. The van der Waals surface area contributed by atoms with Gasteiger partial charge in [-0.2, -0.15) is 0 Å². The maximum atomic E-state index is 10.9. The molecule has 0 saturated carbocycles. The molecule has 0 unspecified atom stereocenters. The van der Waals surface area contributed by atoms with Crippen molar-refractivity contribution in [2.75, 3.05) is 0 Å². The van der Waals surface area contributed by atoms with E-state index in [1.807, 2.05) is 0 Å². The summed E-state index contributed by atoms with van der Waals surface area (Å²) in [5.41, 5.74) is -1.58. The van der Waals surface area contributed by atoms with Crippen molar-refractivity contribution < 1.29 is 61.3 Å². The van der Waals surface area contributed by atoms with Crippen LogP contribution in [-0.2, 0) is 0 Å². The summed E-state index contributed by atoms with van der Waals surface area (Å²) >= 11 is 0. The SMILES string of the molecule is Cc1c(C)c(O)c2c(-c3c(O)c(O)c(O)c(O)c3O)c3c(O)c(O)c(O)c(O)c3c(O)c2c1O. The molecule has 0 spiro atoms. The average molecular weight is 474 g/mol. The Morgan fingerprint density at radius 3 is 1.03 bits per heavy atom. The number of hydrogen-bond acceptors (Lipinski definition) is 12. The van der Waals surface area contributed by atoms with E-state index in [0.717, 1.165) is 0 Å². The van der Waals surface area contributed by atoms with Crippen LogP contribution >= 0.6 is 0 Å². The van der Waals surface area contributed by atoms with Crippen LogP contribution in [-0.4, -0.2) is 61.3 Å². The Morgan fingerprint density at radius 1 is 0.265 bits per heavy atom. The fraction of sp³-hybridized carbons (Fsp3) is 0.0909. The number of phenolic OH excluding ortho intramolecular Hbond substituents is 12. The predicted molar refractivity (Wildman–Crippen MR) is 116 cm³/mol. The number of aromatic hydroxyl groups is 12. The lowest BCUT2D eigenvalue weighted by molar-refractivity contribution is 0.330. The first-order valence-electron chi connectivity index (χ1n) is 9.43. The second-order valence-corrected chi connectivity index (χ2v) is 7.68. The van der Waals surface area contributed by atoms with Crippen LogP contribution < -0.4 is 0 Å². The maximum Gasteiger partial charge on any atom is 0.208 e. The summed E-state index contributed by atoms with van der Waals surface area (Å²) in [6, 6.07) is 0. The van der Waals surface area contributed by atoms with Gasteiger partial charge in [0.25, 0.3) is 0 Å². The molecule has 0 atom stereocenters. The van der Waals surface area contributed by atoms with Crippen LogP contribution in [0.3, 0.4) is 0 Å². The van der Waals surface area contributed by atoms with Crippen molar-refractivity contribution in [2.45, 2.75) is 13.8 Å². The molecule has 4 aromatic carbocycles. The molecule has 0 aliphatic rings. The van der Waals surface area contributed by atoms with Crippen LogP contribution in [0.4, 0.5) is 0 Å². The van der Waals surface area contributed by atoms with E-state index in [4.69, 9.17) is 0 Å². The van der Waals surface area contributed by atoms with Gasteiger partial charge in [0.05, 0.1) is 16.3 Å². The Labute approximate surface area is 188 Å². The third-order valence-electron chi connectivity index (χ3n) is 5.99. The van der Waals surface area contributed by atoms with Gasteiger partial charge in [0.1, 0.15) is 17.2 Å². The molecule has 4 aromatic rings. The molecule has 12 N–H and O–H groups in total. The molecule has 12 heteroatoms. The van der Waals surface area contributed by atoms with Crippen molar-refractivity contribution in [2.24, 2.45) is 0 Å². The summed E-state index contributed by atoms with van der Waals surface area (Å²) in [5.74, 6) is -13.9. The molecule has 34 heavy (non-hydrogen) atoms. The van der Waals surface area contributed by atoms with E-state index < -0.39 is 102 Å². The van der Waals surface area contributed by atoms with Crippen molar-refractivity contribution in [3.63, 3.8) is 0 Å². The number of phenols is 12. The summed E-state index contributed by atoms with van der Waals surface area (Å²) in [7, 11) is 0. The Bertz CT molecular complexity index is 1480. The third-order valence-corrected chi connectivity index (χ3v) is 5.99. The van der Waals surface area contributed by atoms with Crippen LogP contribution in [0.5, 0.6) is 69.0 Å². The Kier molecular flexibility index (Phi) is 4.41. The van der Waals surface area contributed by atoms with Gasteiger partial charge in [0.2, 0.25) is 28.7 Å². The zero-order valence-electron chi connectivity index (χ0n) is 17.4. The van der Waals surface area contributed by atoms with E-state index in [1.165, 1.54) is 13.8 Å². The highest BCUT2D eigenvalue weighted by atomic mass is 16.4. The topological polar surface area (TPSA) is 243 Å². The number of rotatable bonds is 1. The summed E-state index contributed by atoms with van der Waals surface area (Å²) in [4.78, 5) is 0. The second-order valence-electron chi connectivity index (χ2n) is 7.68. The van der Waals surface area contributed by atoms with Crippen molar-refractivity contribution in [1.82, 2.24) is 0 Å². The van der Waals surface area contributed by atoms with Gasteiger partial charge in [-0.05, 0) is 25.0 Å². The summed E-state index contributed by atoms with van der Waals surface area (Å²) in [6.07, 6.45) is 0. The van der Waals surface area contributed by atoms with Crippen LogP contribution in [0.25, 0.3) is 32.7 Å². The van der Waals surface area contributed by atoms with Crippen molar-refractivity contribution in [3.05, 3.63) is 11.1 Å². The van der Waals surface area contributed by atoms with Crippen LogP contribution in [0.2, 0.25) is 0 Å². The van der Waals surface area contributed by atoms with Crippen LogP contribution in [0.1, 0.15) is 11.1 Å². The van der Waals surface area contributed by atoms with E-state index in [2.05, 4.69) is 0 Å². The van der Waals surface area contributed by atoms with E-state index in [1.54, 1.807) is 0 Å². The minimum atomic E-state index is -1.33. The minimum Gasteiger partial charge on any atom is -0.507 e. The van der Waals surface area contributed by atoms with Crippen molar-refractivity contribution in [3.8, 4) is 80.1 Å². The normalized spacial score (nSPS) is 11.5. The Balaban J connectivity index is 2.55. The zero-order valence-corrected chi connectivity index (χ0v) is 17.4. The lowest BCUT2D eigenvalue weighted by Gasteiger charge is -2.22. The third kappa shape index (κ3) is 2.41. The fourth-order valence-electron chi connectivity index (χ4n) is 4.04. The summed E-state index contributed by atoms with van der Waals surface area (Å²) < 4.78 is 0. The lowest BCUT2D eigenvalue weighted by Crippen LogP contribution is -1.95. The first-order chi connectivity index (χ1) is 15.7. The van der Waals surface area contributed by atoms with Gasteiger partial charge < -0.3 is 61.3 Å². The zero-order chi connectivity index (χ0) is 25.5. The molecule has 0 aromatic heterocycles. The molecule has 0 bridgehead atoms. The molecule has 0 radical (unpaired) electrons. The van der Waals surface area contributed by atoms with Gasteiger partial charge in [-0.15, -0.1) is 0 Å². The highest BCUT2D eigenvalue weighted by Gasteiger charge is 2.34. The van der Waals surface area contributed by atoms with Gasteiger partial charge in [-0.1, -0.05) is 0 Å². The minimum absolute atomic E-state index is 0.0305. The first-order valence-corrected chi connectivity index (χ1v) is 9.43. The number of hydrogen-bond donors (Lipinski definition) is 12. The molecule has 0 aliphatic carbocycles. The highest BCUT2D eigenvalue weighted by molar-refractivity contribution is 6.25. The molecule has 0 aliphatic heterocycles. The molecule has 0 saturated heterocycles. The maximum absolute atomic E-state index is 10.9. The monoisotopic (exact) mass is 474 g/mol. The molecular weight excluding hydrogens is 456 g/mol. The molecule has 0 heterocycles. The summed E-state index contributed by atoms with van der Waals surface area (Å²) in [5, 5.41) is 122. The smallest absolute Gasteiger partial charge is 0.208 e. The molecule has 0 amide bonds. The standard InChI is InChI=1S/C22H18O12/c1-3-4(2)12(24)9-6(11(3)23)5(8-15(27)20(32)22(34)21(33)16(8)28)7-10(13(9)25)17(29)19(31)18(30)14(7)26/h23-34H,1-2H3. The molecule has 4 rings (SSSR count). The van der Waals surface area contributed by atoms with E-state index in [0.29, 0.717) is 0 Å². The lowest BCUT2D eigenvalue weighted by atomic mass is 9.86. The van der Waals surface area contributed by atoms with Gasteiger partial charge in [0, 0.05) is 16.3 Å². The molecule has 0 fully saturated rings. The van der Waals surface area contributed by atoms with Gasteiger partial charge in [-0.3, -0.25) is 0 Å². The number of benzene rings is 4. The largest absolute Gasteiger partial charge is 0.507 e. The van der Waals surface area contributed by atoms with E-state index in [-0.39, 0.29) is 11.1 Å². The van der Waals surface area contributed by atoms with Gasteiger partial charge >= 0.3 is 0 Å². The first kappa shape index (κ1) is 22.2. The fourth-order valence-corrected chi connectivity index (χ4v) is 4.04. The quantitative estimate of drug-likeness (QED) is 0.108. The average Bonchev–Trinajstić information content (AvgIpc) is 2.81.